The highest BCUT2D eigenvalue weighted by molar-refractivity contribution is 6.15. The number of rotatable bonds is 5. The molecule has 3 amide bonds. The van der Waals surface area contributed by atoms with Gasteiger partial charge in [0.1, 0.15) is 0 Å². The molecule has 0 bridgehead atoms. The molecule has 110 valence electrons. The smallest absolute Gasteiger partial charge is 0.256 e. The molecule has 0 atom stereocenters. The Labute approximate surface area is 122 Å². The van der Waals surface area contributed by atoms with Crippen LogP contribution in [0.25, 0.3) is 6.08 Å². The van der Waals surface area contributed by atoms with Gasteiger partial charge in [0.2, 0.25) is 11.8 Å². The van der Waals surface area contributed by atoms with Gasteiger partial charge in [-0.25, -0.2) is 5.48 Å². The first-order valence-corrected chi connectivity index (χ1v) is 6.65. The molecule has 0 aromatic heterocycles. The van der Waals surface area contributed by atoms with Gasteiger partial charge in [0.25, 0.3) is 5.91 Å². The number of carbonyl (C=O) groups is 3. The lowest BCUT2D eigenvalue weighted by molar-refractivity contribution is -0.138. The summed E-state index contributed by atoms with van der Waals surface area (Å²) in [4.78, 5) is 36.0. The van der Waals surface area contributed by atoms with E-state index in [1.165, 1.54) is 5.48 Å². The Kier molecular flexibility index (Phi) is 4.84. The molecule has 6 heteroatoms. The van der Waals surface area contributed by atoms with Crippen LogP contribution >= 0.6 is 0 Å². The van der Waals surface area contributed by atoms with E-state index in [1.807, 2.05) is 30.3 Å². The maximum atomic E-state index is 12.2. The largest absolute Gasteiger partial charge is 0.289 e. The Balaban J connectivity index is 2.00. The van der Waals surface area contributed by atoms with E-state index in [0.29, 0.717) is 12.0 Å². The molecule has 21 heavy (non-hydrogen) atoms. The fourth-order valence-corrected chi connectivity index (χ4v) is 2.16. The minimum absolute atomic E-state index is 0.0608. The van der Waals surface area contributed by atoms with Gasteiger partial charge < -0.3 is 0 Å². The van der Waals surface area contributed by atoms with Crippen LogP contribution in [-0.4, -0.2) is 34.4 Å². The van der Waals surface area contributed by atoms with Crippen molar-refractivity contribution in [2.75, 3.05) is 6.54 Å². The number of carbonyl (C=O) groups excluding carboxylic acids is 3. The third-order valence-electron chi connectivity index (χ3n) is 3.21. The second-order valence-electron chi connectivity index (χ2n) is 4.75. The van der Waals surface area contributed by atoms with Gasteiger partial charge in [-0.15, -0.1) is 0 Å². The molecule has 0 spiro atoms. The number of amides is 3. The van der Waals surface area contributed by atoms with E-state index in [4.69, 9.17) is 5.21 Å². The molecule has 1 aromatic rings. The van der Waals surface area contributed by atoms with E-state index in [0.717, 1.165) is 10.5 Å². The summed E-state index contributed by atoms with van der Waals surface area (Å²) in [5, 5.41) is 8.38. The lowest BCUT2D eigenvalue weighted by Crippen LogP contribution is -2.31. The molecule has 1 aliphatic rings. The number of hydrogen-bond acceptors (Lipinski definition) is 4. The molecular weight excluding hydrogens is 272 g/mol. The van der Waals surface area contributed by atoms with E-state index in [-0.39, 0.29) is 31.2 Å². The molecule has 1 fully saturated rings. The highest BCUT2D eigenvalue weighted by atomic mass is 16.5. The topological polar surface area (TPSA) is 86.7 Å². The summed E-state index contributed by atoms with van der Waals surface area (Å²) < 4.78 is 0. The molecule has 1 heterocycles. The van der Waals surface area contributed by atoms with Crippen molar-refractivity contribution in [3.8, 4) is 0 Å². The van der Waals surface area contributed by atoms with Crippen LogP contribution in [0.2, 0.25) is 0 Å². The third-order valence-corrected chi connectivity index (χ3v) is 3.21. The first-order chi connectivity index (χ1) is 10.1. The Morgan fingerprint density at radius 1 is 1.29 bits per heavy atom. The van der Waals surface area contributed by atoms with Gasteiger partial charge in [-0.2, -0.15) is 0 Å². The monoisotopic (exact) mass is 288 g/mol. The SMILES string of the molecule is O=C(CCCN1C(=O)C/C(=C\c2ccccc2)C1=O)NO. The predicted octanol–water partition coefficient (Wildman–Crippen LogP) is 1.11. The fourth-order valence-electron chi connectivity index (χ4n) is 2.16. The van der Waals surface area contributed by atoms with Crippen molar-refractivity contribution in [3.63, 3.8) is 0 Å². The lowest BCUT2D eigenvalue weighted by Gasteiger charge is -2.12. The van der Waals surface area contributed by atoms with Gasteiger partial charge in [-0.3, -0.25) is 24.5 Å². The maximum absolute atomic E-state index is 12.2. The molecule has 0 unspecified atom stereocenters. The van der Waals surface area contributed by atoms with Crippen molar-refractivity contribution < 1.29 is 19.6 Å². The van der Waals surface area contributed by atoms with Crippen LogP contribution in [-0.2, 0) is 14.4 Å². The molecule has 0 radical (unpaired) electrons. The summed E-state index contributed by atoms with van der Waals surface area (Å²) in [6, 6.07) is 9.32. The number of nitrogens with one attached hydrogen (secondary N) is 1. The third kappa shape index (κ3) is 3.76. The summed E-state index contributed by atoms with van der Waals surface area (Å²) in [6.07, 6.45) is 2.17. The average Bonchev–Trinajstić information content (AvgIpc) is 2.75. The van der Waals surface area contributed by atoms with Crippen LogP contribution < -0.4 is 5.48 Å². The minimum Gasteiger partial charge on any atom is -0.289 e. The zero-order valence-corrected chi connectivity index (χ0v) is 11.4. The van der Waals surface area contributed by atoms with Crippen LogP contribution in [0.3, 0.4) is 0 Å². The van der Waals surface area contributed by atoms with Crippen molar-refractivity contribution in [1.82, 2.24) is 10.4 Å². The number of benzene rings is 1. The zero-order chi connectivity index (χ0) is 15.2. The molecule has 0 saturated carbocycles. The van der Waals surface area contributed by atoms with Crippen LogP contribution in [0.1, 0.15) is 24.8 Å². The number of likely N-dealkylation sites (tertiary alicyclic amines) is 1. The van der Waals surface area contributed by atoms with Crippen LogP contribution in [0.5, 0.6) is 0 Å². The molecule has 6 nitrogen and oxygen atoms in total. The van der Waals surface area contributed by atoms with Gasteiger partial charge in [0.15, 0.2) is 0 Å². The number of hydrogen-bond donors (Lipinski definition) is 2. The Bertz CT molecular complexity index is 581. The number of nitrogens with zero attached hydrogens (tertiary/aromatic N) is 1. The number of hydroxylamine groups is 1. The molecule has 0 aliphatic carbocycles. The normalized spacial score (nSPS) is 16.6. The highest BCUT2D eigenvalue weighted by Crippen LogP contribution is 2.21. The molecule has 2 rings (SSSR count). The fraction of sp³-hybridized carbons (Fsp3) is 0.267. The standard InChI is InChI=1S/C15H16N2O4/c18-13(16-21)7-4-8-17-14(19)10-12(15(17)20)9-11-5-2-1-3-6-11/h1-3,5-6,9,21H,4,7-8,10H2,(H,16,18)/b12-9+. The van der Waals surface area contributed by atoms with E-state index in [1.54, 1.807) is 6.08 Å². The second kappa shape index (κ2) is 6.81. The Morgan fingerprint density at radius 2 is 2.00 bits per heavy atom. The van der Waals surface area contributed by atoms with Crippen molar-refractivity contribution in [3.05, 3.63) is 41.5 Å². The summed E-state index contributed by atoms with van der Waals surface area (Å²) in [6.45, 7) is 0.178. The van der Waals surface area contributed by atoms with Gasteiger partial charge in [-0.05, 0) is 18.1 Å². The van der Waals surface area contributed by atoms with Gasteiger partial charge in [-0.1, -0.05) is 30.3 Å². The molecule has 1 aliphatic heterocycles. The van der Waals surface area contributed by atoms with Crippen LogP contribution in [0, 0.1) is 0 Å². The molecule has 1 aromatic carbocycles. The second-order valence-corrected chi connectivity index (χ2v) is 4.75. The molecule has 1 saturated heterocycles. The summed E-state index contributed by atoms with van der Waals surface area (Å²) >= 11 is 0. The summed E-state index contributed by atoms with van der Waals surface area (Å²) in [5.74, 6) is -1.10. The van der Waals surface area contributed by atoms with Crippen molar-refractivity contribution in [2.45, 2.75) is 19.3 Å². The van der Waals surface area contributed by atoms with E-state index in [2.05, 4.69) is 0 Å². The predicted molar refractivity (Wildman–Crippen MR) is 74.9 cm³/mol. The first-order valence-electron chi connectivity index (χ1n) is 6.65. The lowest BCUT2D eigenvalue weighted by atomic mass is 10.1. The zero-order valence-electron chi connectivity index (χ0n) is 11.4. The van der Waals surface area contributed by atoms with E-state index >= 15 is 0 Å². The van der Waals surface area contributed by atoms with Crippen LogP contribution in [0.4, 0.5) is 0 Å². The average molecular weight is 288 g/mol. The molecule has 2 N–H and O–H groups in total. The van der Waals surface area contributed by atoms with E-state index in [9.17, 15) is 14.4 Å². The van der Waals surface area contributed by atoms with Crippen molar-refractivity contribution in [2.24, 2.45) is 0 Å². The Hall–Kier alpha value is -2.47. The quantitative estimate of drug-likeness (QED) is 0.368. The summed E-state index contributed by atoms with van der Waals surface area (Å²) in [7, 11) is 0. The van der Waals surface area contributed by atoms with Gasteiger partial charge >= 0.3 is 0 Å². The minimum atomic E-state index is -0.533. The van der Waals surface area contributed by atoms with E-state index < -0.39 is 5.91 Å². The highest BCUT2D eigenvalue weighted by Gasteiger charge is 2.33. The van der Waals surface area contributed by atoms with Gasteiger partial charge in [0, 0.05) is 18.5 Å². The molecular formula is C15H16N2O4. The maximum Gasteiger partial charge on any atom is 0.256 e. The Morgan fingerprint density at radius 3 is 2.67 bits per heavy atom. The first kappa shape index (κ1) is 14.9. The van der Waals surface area contributed by atoms with Gasteiger partial charge in [0.05, 0.1) is 6.42 Å². The number of imide groups is 1. The van der Waals surface area contributed by atoms with Crippen molar-refractivity contribution >= 4 is 23.8 Å². The van der Waals surface area contributed by atoms with Crippen molar-refractivity contribution in [1.29, 1.82) is 0 Å². The van der Waals surface area contributed by atoms with Crippen LogP contribution in [0.15, 0.2) is 35.9 Å². The summed E-state index contributed by atoms with van der Waals surface area (Å²) in [5.41, 5.74) is 2.84.